The molecule has 0 unspecified atom stereocenters. The van der Waals surface area contributed by atoms with Gasteiger partial charge in [0.15, 0.2) is 17.4 Å². The van der Waals surface area contributed by atoms with Crippen molar-refractivity contribution in [1.82, 2.24) is 0 Å². The van der Waals surface area contributed by atoms with Crippen LogP contribution in [-0.4, -0.2) is 88.8 Å². The van der Waals surface area contributed by atoms with Gasteiger partial charge in [0.05, 0.1) is 11.4 Å². The number of carboxylic acid groups (broad SMARTS) is 4. The lowest BCUT2D eigenvalue weighted by atomic mass is 9.90. The molecule has 0 saturated heterocycles. The fourth-order valence-electron chi connectivity index (χ4n) is 5.90. The molecule has 1 aliphatic carbocycles. The average molecular weight is 751 g/mol. The first-order valence-electron chi connectivity index (χ1n) is 16.0. The summed E-state index contributed by atoms with van der Waals surface area (Å²) in [5, 5.41) is 48.1. The van der Waals surface area contributed by atoms with Crippen molar-refractivity contribution in [3.05, 3.63) is 87.6 Å². The minimum atomic E-state index is -1.37. The monoisotopic (exact) mass is 750 g/mol. The number of hydrogen-bond donors (Lipinski definition) is 5. The number of aliphatic carboxylic acids is 4. The molecule has 0 atom stereocenters. The number of benzene rings is 4. The highest BCUT2D eigenvalue weighted by molar-refractivity contribution is 6.03. The van der Waals surface area contributed by atoms with Crippen LogP contribution in [0.15, 0.2) is 63.8 Å². The predicted octanol–water partition coefficient (Wildman–Crippen LogP) is 4.57. The summed E-state index contributed by atoms with van der Waals surface area (Å²) in [6.07, 6.45) is 0. The molecule has 5 rings (SSSR count). The molecule has 3 aromatic rings. The highest BCUT2D eigenvalue weighted by atomic mass is 19.1. The largest absolute Gasteiger partial charge is 0.505 e. The van der Waals surface area contributed by atoms with Crippen molar-refractivity contribution in [2.45, 2.75) is 13.8 Å². The standard InChI is InChI=1S/C37H32F2N2O13/c1-18-3-4-25(40(14-33(44)45)15-34(46)47)31(7-18)52-5-6-53-32-11-20(19(2)8-26(32)41(16-35(48)49)17-36(50)51)37-21-9-23(38)27(42)12-29(21)54-30-13-28(43)24(39)10-22(30)37/h3-4,7-13,42H,5-6,14-17H2,1-2H3,(H,44,45)(H,46,47)(H,48,49)(H,50,51). The number of fused-ring (bicyclic) bond motifs is 2. The predicted molar refractivity (Wildman–Crippen MR) is 188 cm³/mol. The average Bonchev–Trinajstić information content (AvgIpc) is 3.06. The molecular formula is C37H32F2N2O13. The van der Waals surface area contributed by atoms with Gasteiger partial charge in [0, 0.05) is 28.6 Å². The number of ether oxygens (including phenoxy) is 2. The molecule has 1 aliphatic heterocycles. The van der Waals surface area contributed by atoms with Crippen LogP contribution in [0.1, 0.15) is 11.1 Å². The first-order valence-corrected chi connectivity index (χ1v) is 16.0. The van der Waals surface area contributed by atoms with Crippen molar-refractivity contribution in [2.75, 3.05) is 49.2 Å². The normalized spacial score (nSPS) is 11.0. The Morgan fingerprint density at radius 1 is 0.685 bits per heavy atom. The molecule has 54 heavy (non-hydrogen) atoms. The number of nitrogens with zero attached hydrogens (tertiary/aromatic N) is 2. The molecule has 0 fully saturated rings. The molecular weight excluding hydrogens is 718 g/mol. The van der Waals surface area contributed by atoms with Crippen LogP contribution in [0.2, 0.25) is 0 Å². The van der Waals surface area contributed by atoms with Crippen molar-refractivity contribution in [3.8, 4) is 39.7 Å². The van der Waals surface area contributed by atoms with E-state index in [0.29, 0.717) is 11.1 Å². The molecule has 0 saturated carbocycles. The van der Waals surface area contributed by atoms with Crippen molar-refractivity contribution in [2.24, 2.45) is 0 Å². The minimum absolute atomic E-state index is 0.0115. The molecule has 0 bridgehead atoms. The number of anilines is 2. The molecule has 2 aliphatic rings. The summed E-state index contributed by atoms with van der Waals surface area (Å²) in [6, 6.07) is 11.2. The van der Waals surface area contributed by atoms with Crippen molar-refractivity contribution < 1.29 is 67.4 Å². The van der Waals surface area contributed by atoms with Crippen LogP contribution in [0.3, 0.4) is 0 Å². The topological polar surface area (TPSA) is 225 Å². The van der Waals surface area contributed by atoms with E-state index in [2.05, 4.69) is 0 Å². The lowest BCUT2D eigenvalue weighted by molar-refractivity contribution is -0.138. The number of aromatic hydroxyl groups is 1. The number of hydrogen-bond acceptors (Lipinski definition) is 11. The first-order chi connectivity index (χ1) is 25.5. The van der Waals surface area contributed by atoms with Gasteiger partial charge < -0.3 is 49.2 Å². The van der Waals surface area contributed by atoms with Crippen LogP contribution in [0.25, 0.3) is 33.4 Å². The zero-order valence-corrected chi connectivity index (χ0v) is 28.6. The highest BCUT2D eigenvalue weighted by Gasteiger charge is 2.26. The Bertz CT molecular complexity index is 2290. The Morgan fingerprint density at radius 3 is 1.81 bits per heavy atom. The number of halogens is 2. The Hall–Kier alpha value is -6.91. The number of carbonyl (C=O) groups is 4. The fraction of sp³-hybridized carbons (Fsp3) is 0.216. The van der Waals surface area contributed by atoms with Gasteiger partial charge in [0.25, 0.3) is 0 Å². The van der Waals surface area contributed by atoms with E-state index in [0.717, 1.165) is 34.1 Å². The van der Waals surface area contributed by atoms with E-state index >= 15 is 0 Å². The van der Waals surface area contributed by atoms with Crippen molar-refractivity contribution in [3.63, 3.8) is 0 Å². The van der Waals surface area contributed by atoms with Gasteiger partial charge in [-0.3, -0.25) is 24.0 Å². The molecule has 0 radical (unpaired) electrons. The maximum atomic E-state index is 14.8. The van der Waals surface area contributed by atoms with Gasteiger partial charge in [-0.25, -0.2) is 8.78 Å². The Morgan fingerprint density at radius 2 is 1.24 bits per heavy atom. The SMILES string of the molecule is Cc1ccc(N(CC(=O)O)CC(=O)O)c(OCCOc2cc(-c3c4cc(F)c(=O)cc-4oc4cc(O)c(F)cc34)c(C)cc2N(CC(=O)O)CC(=O)O)c1. The summed E-state index contributed by atoms with van der Waals surface area (Å²) in [5.74, 6) is -8.34. The van der Waals surface area contributed by atoms with Crippen LogP contribution in [0, 0.1) is 25.5 Å². The van der Waals surface area contributed by atoms with Gasteiger partial charge in [-0.15, -0.1) is 0 Å². The molecule has 0 spiro atoms. The van der Waals surface area contributed by atoms with Gasteiger partial charge in [0.2, 0.25) is 5.43 Å². The quantitative estimate of drug-likeness (QED) is 0.0688. The summed E-state index contributed by atoms with van der Waals surface area (Å²) < 4.78 is 47.3. The van der Waals surface area contributed by atoms with Gasteiger partial charge in [-0.2, -0.15) is 0 Å². The summed E-state index contributed by atoms with van der Waals surface area (Å²) in [7, 11) is 0. The third kappa shape index (κ3) is 8.58. The van der Waals surface area contributed by atoms with E-state index in [1.54, 1.807) is 26.0 Å². The van der Waals surface area contributed by atoms with Crippen molar-refractivity contribution >= 4 is 46.2 Å². The molecule has 3 aromatic carbocycles. The third-order valence-corrected chi connectivity index (χ3v) is 8.12. The van der Waals surface area contributed by atoms with Gasteiger partial charge >= 0.3 is 23.9 Å². The molecule has 1 heterocycles. The Labute approximate surface area is 303 Å². The van der Waals surface area contributed by atoms with Crippen LogP contribution < -0.4 is 24.7 Å². The second kappa shape index (κ2) is 15.8. The third-order valence-electron chi connectivity index (χ3n) is 8.12. The van der Waals surface area contributed by atoms with Crippen LogP contribution >= 0.6 is 0 Å². The van der Waals surface area contributed by atoms with E-state index in [1.165, 1.54) is 18.2 Å². The van der Waals surface area contributed by atoms with Gasteiger partial charge in [-0.1, -0.05) is 6.07 Å². The summed E-state index contributed by atoms with van der Waals surface area (Å²) >= 11 is 0. The fourth-order valence-corrected chi connectivity index (χ4v) is 5.90. The lowest BCUT2D eigenvalue weighted by Gasteiger charge is -2.26. The summed E-state index contributed by atoms with van der Waals surface area (Å²) in [5.41, 5.74) is 0.563. The number of carboxylic acids is 4. The molecule has 282 valence electrons. The van der Waals surface area contributed by atoms with Crippen molar-refractivity contribution in [1.29, 1.82) is 0 Å². The van der Waals surface area contributed by atoms with Gasteiger partial charge in [0.1, 0.15) is 62.2 Å². The van der Waals surface area contributed by atoms with E-state index in [4.69, 9.17) is 13.9 Å². The van der Waals surface area contributed by atoms with Crippen LogP contribution in [0.5, 0.6) is 17.2 Å². The Kier molecular flexibility index (Phi) is 11.2. The first kappa shape index (κ1) is 38.3. The zero-order valence-electron chi connectivity index (χ0n) is 28.6. The zero-order chi connectivity index (χ0) is 39.4. The van der Waals surface area contributed by atoms with E-state index in [9.17, 15) is 58.3 Å². The number of aryl methyl sites for hydroxylation is 2. The molecule has 0 amide bonds. The highest BCUT2D eigenvalue weighted by Crippen LogP contribution is 2.45. The summed E-state index contributed by atoms with van der Waals surface area (Å²) in [6.45, 7) is -0.0909. The molecule has 17 heteroatoms. The number of phenolic OH excluding ortho intramolecular Hbond substituents is 1. The molecule has 0 aromatic heterocycles. The second-order valence-electron chi connectivity index (χ2n) is 12.1. The summed E-state index contributed by atoms with van der Waals surface area (Å²) in [4.78, 5) is 61.0. The minimum Gasteiger partial charge on any atom is -0.505 e. The molecule has 15 nitrogen and oxygen atoms in total. The van der Waals surface area contributed by atoms with E-state index < -0.39 is 72.9 Å². The second-order valence-corrected chi connectivity index (χ2v) is 12.1. The van der Waals surface area contributed by atoms with E-state index in [1.807, 2.05) is 0 Å². The lowest BCUT2D eigenvalue weighted by Crippen LogP contribution is -2.35. The van der Waals surface area contributed by atoms with E-state index in [-0.39, 0.29) is 69.5 Å². The maximum absolute atomic E-state index is 14.8. The maximum Gasteiger partial charge on any atom is 0.323 e. The van der Waals surface area contributed by atoms with Crippen LogP contribution in [-0.2, 0) is 19.2 Å². The smallest absolute Gasteiger partial charge is 0.323 e. The Balaban J connectivity index is 1.62. The number of phenols is 1. The molecule has 5 N–H and O–H groups in total. The number of rotatable bonds is 16. The van der Waals surface area contributed by atoms with Crippen LogP contribution in [0.4, 0.5) is 20.2 Å². The van der Waals surface area contributed by atoms with Gasteiger partial charge in [-0.05, 0) is 66.9 Å².